The van der Waals surface area contributed by atoms with E-state index in [1.165, 1.54) is 4.90 Å². The summed E-state index contributed by atoms with van der Waals surface area (Å²) in [5, 5.41) is 13.3. The third-order valence-electron chi connectivity index (χ3n) is 8.39. The van der Waals surface area contributed by atoms with Gasteiger partial charge in [0.2, 0.25) is 11.8 Å². The summed E-state index contributed by atoms with van der Waals surface area (Å²) in [5.41, 5.74) is 6.81. The van der Waals surface area contributed by atoms with Crippen molar-refractivity contribution in [1.82, 2.24) is 20.1 Å². The lowest BCUT2D eigenvalue weighted by Crippen LogP contribution is -2.56. The second-order valence-electron chi connectivity index (χ2n) is 12.8. The molecule has 0 spiro atoms. The van der Waals surface area contributed by atoms with Gasteiger partial charge in [-0.05, 0) is 52.6 Å². The summed E-state index contributed by atoms with van der Waals surface area (Å²) < 4.78 is 15.4. The molecule has 1 aromatic heterocycles. The van der Waals surface area contributed by atoms with Crippen molar-refractivity contribution in [1.29, 1.82) is 0 Å². The Morgan fingerprint density at radius 3 is 2.53 bits per heavy atom. The number of rotatable bonds is 7. The number of β-amino-alcohol motifs (C(OH)–C–C–N with tert-alkyl or cyclic N) is 1. The molecule has 4 atom stereocenters. The Hall–Kier alpha value is -3.63. The zero-order valence-electron chi connectivity index (χ0n) is 25.4. The molecule has 3 amide bonds. The fourth-order valence-electron chi connectivity index (χ4n) is 6.20. The Bertz CT molecular complexity index is 1550. The number of halogens is 1. The number of hydrogen-bond acceptors (Lipinski definition) is 6. The maximum Gasteiger partial charge on any atom is 0.255 e. The first-order chi connectivity index (χ1) is 20.3. The minimum absolute atomic E-state index is 0.127. The topological polar surface area (TPSA) is 103 Å². The van der Waals surface area contributed by atoms with Gasteiger partial charge in [0, 0.05) is 18.7 Å². The minimum Gasteiger partial charge on any atom is -0.388 e. The van der Waals surface area contributed by atoms with Crippen LogP contribution in [0.25, 0.3) is 10.4 Å². The van der Waals surface area contributed by atoms with Crippen molar-refractivity contribution in [3.05, 3.63) is 75.9 Å². The molecular weight excluding hydrogens is 567 g/mol. The minimum atomic E-state index is -1.96. The number of aromatic nitrogens is 1. The van der Waals surface area contributed by atoms with Crippen LogP contribution in [0.1, 0.15) is 67.4 Å². The average molecular weight is 607 g/mol. The number of thiazole rings is 1. The molecule has 0 aliphatic carbocycles. The monoisotopic (exact) mass is 606 g/mol. The zero-order valence-corrected chi connectivity index (χ0v) is 26.2. The van der Waals surface area contributed by atoms with E-state index in [-0.39, 0.29) is 36.9 Å². The molecule has 43 heavy (non-hydrogen) atoms. The lowest BCUT2D eigenvalue weighted by Gasteiger charge is -2.35. The number of aliphatic hydroxyl groups excluding tert-OH is 1. The number of nitrogens with one attached hydrogen (secondary N) is 1. The van der Waals surface area contributed by atoms with Crippen LogP contribution in [0.2, 0.25) is 0 Å². The molecule has 0 saturated carbocycles. The Balaban J connectivity index is 1.37. The second kappa shape index (κ2) is 11.8. The number of hydrogen-bond donors (Lipinski definition) is 2. The number of benzene rings is 2. The molecule has 2 N–H and O–H groups in total. The van der Waals surface area contributed by atoms with Crippen molar-refractivity contribution in [2.75, 3.05) is 6.54 Å². The maximum absolute atomic E-state index is 15.4. The number of fused-ring (bicyclic) bond motifs is 1. The summed E-state index contributed by atoms with van der Waals surface area (Å²) in [4.78, 5) is 48.8. The summed E-state index contributed by atoms with van der Waals surface area (Å²) in [5.74, 6) is -1.81. The largest absolute Gasteiger partial charge is 0.388 e. The highest BCUT2D eigenvalue weighted by molar-refractivity contribution is 7.13. The summed E-state index contributed by atoms with van der Waals surface area (Å²) in [7, 11) is 0. The number of likely N-dealkylation sites (tertiary alicyclic amines) is 1. The fourth-order valence-corrected chi connectivity index (χ4v) is 7.00. The van der Waals surface area contributed by atoms with Gasteiger partial charge in [0.1, 0.15) is 18.2 Å². The van der Waals surface area contributed by atoms with Crippen LogP contribution in [0.3, 0.4) is 0 Å². The van der Waals surface area contributed by atoms with Gasteiger partial charge in [0.05, 0.1) is 22.6 Å². The molecule has 1 saturated heterocycles. The third kappa shape index (κ3) is 5.82. The maximum atomic E-state index is 15.4. The van der Waals surface area contributed by atoms with Gasteiger partial charge in [-0.3, -0.25) is 14.4 Å². The molecule has 3 heterocycles. The van der Waals surface area contributed by atoms with Crippen molar-refractivity contribution in [3.8, 4) is 10.4 Å². The molecule has 8 nitrogen and oxygen atoms in total. The van der Waals surface area contributed by atoms with Crippen molar-refractivity contribution >= 4 is 29.1 Å². The highest BCUT2D eigenvalue weighted by Crippen LogP contribution is 2.34. The quantitative estimate of drug-likeness (QED) is 0.409. The van der Waals surface area contributed by atoms with E-state index in [0.717, 1.165) is 37.7 Å². The van der Waals surface area contributed by atoms with Crippen LogP contribution in [0.15, 0.2) is 48.0 Å². The van der Waals surface area contributed by atoms with Crippen molar-refractivity contribution < 1.29 is 23.9 Å². The van der Waals surface area contributed by atoms with Gasteiger partial charge in [0.15, 0.2) is 6.17 Å². The van der Waals surface area contributed by atoms with E-state index in [9.17, 15) is 19.5 Å². The lowest BCUT2D eigenvalue weighted by molar-refractivity contribution is -0.144. The van der Waals surface area contributed by atoms with Gasteiger partial charge in [0.25, 0.3) is 5.91 Å². The van der Waals surface area contributed by atoms with E-state index in [2.05, 4.69) is 37.1 Å². The number of alkyl halides is 1. The van der Waals surface area contributed by atoms with Crippen LogP contribution in [0, 0.1) is 12.8 Å². The Labute approximate surface area is 255 Å². The van der Waals surface area contributed by atoms with E-state index < -0.39 is 36.2 Å². The van der Waals surface area contributed by atoms with Crippen molar-refractivity contribution in [2.45, 2.75) is 84.4 Å². The Kier molecular flexibility index (Phi) is 8.46. The molecule has 2 aliphatic heterocycles. The van der Waals surface area contributed by atoms with Crippen LogP contribution >= 0.6 is 11.3 Å². The molecular formula is C33H39FN4O4S. The SMILES string of the molecule is Cc1ncsc1-c1ccc(CNC(=O)C2[C@@H](F)[C@@H](O)CN2C(=O)[C@H](C(C)C)N2Cc3ccccc3C2=O)c(C(C)(C)C)c1. The van der Waals surface area contributed by atoms with E-state index in [1.807, 2.05) is 50.5 Å². The molecule has 5 rings (SSSR count). The van der Waals surface area contributed by atoms with Crippen LogP contribution in [-0.2, 0) is 28.1 Å². The number of amides is 3. The second-order valence-corrected chi connectivity index (χ2v) is 13.7. The molecule has 1 fully saturated rings. The molecule has 0 bridgehead atoms. The highest BCUT2D eigenvalue weighted by atomic mass is 32.1. The Morgan fingerprint density at radius 2 is 1.91 bits per heavy atom. The van der Waals surface area contributed by atoms with Crippen LogP contribution in [0.4, 0.5) is 4.39 Å². The van der Waals surface area contributed by atoms with E-state index >= 15 is 4.39 Å². The predicted molar refractivity (Wildman–Crippen MR) is 164 cm³/mol. The van der Waals surface area contributed by atoms with Crippen LogP contribution in [0.5, 0.6) is 0 Å². The molecule has 2 aromatic carbocycles. The van der Waals surface area contributed by atoms with Crippen LogP contribution < -0.4 is 5.32 Å². The van der Waals surface area contributed by atoms with E-state index in [0.29, 0.717) is 5.56 Å². The van der Waals surface area contributed by atoms with Crippen molar-refractivity contribution in [3.63, 3.8) is 0 Å². The van der Waals surface area contributed by atoms with Gasteiger partial charge in [-0.2, -0.15) is 0 Å². The molecule has 1 unspecified atom stereocenters. The van der Waals surface area contributed by atoms with E-state index in [4.69, 9.17) is 0 Å². The smallest absolute Gasteiger partial charge is 0.255 e. The standard InChI is InChI=1S/C33H39FN4O4S/c1-18(2)27(37-15-22-9-7-8-10-23(22)31(37)41)32(42)38-16-25(39)26(34)28(38)30(40)35-14-21-12-11-20(13-24(21)33(4,5)6)29-19(3)36-17-43-29/h7-13,17-18,25-28,39H,14-16H2,1-6H3,(H,35,40)/t25-,26-,27-,28?/m0/s1. The average Bonchev–Trinajstić information content (AvgIpc) is 3.62. The summed E-state index contributed by atoms with van der Waals surface area (Å²) in [6.45, 7) is 11.9. The lowest BCUT2D eigenvalue weighted by atomic mass is 9.82. The first kappa shape index (κ1) is 30.8. The molecule has 10 heteroatoms. The van der Waals surface area contributed by atoms with Crippen molar-refractivity contribution in [2.24, 2.45) is 5.92 Å². The van der Waals surface area contributed by atoms with Crippen LogP contribution in [-0.4, -0.2) is 68.5 Å². The van der Waals surface area contributed by atoms with Gasteiger partial charge < -0.3 is 20.2 Å². The fraction of sp³-hybridized carbons (Fsp3) is 0.455. The zero-order chi connectivity index (χ0) is 31.2. The van der Waals surface area contributed by atoms with Gasteiger partial charge in [-0.1, -0.05) is 65.0 Å². The number of aliphatic hydroxyl groups is 1. The highest BCUT2D eigenvalue weighted by Gasteiger charge is 2.51. The normalized spacial score (nSPS) is 21.0. The first-order valence-electron chi connectivity index (χ1n) is 14.6. The molecule has 228 valence electrons. The van der Waals surface area contributed by atoms with Gasteiger partial charge in [-0.25, -0.2) is 9.37 Å². The molecule has 2 aliphatic rings. The number of aryl methyl sites for hydroxylation is 1. The summed E-state index contributed by atoms with van der Waals surface area (Å²) >= 11 is 1.57. The number of nitrogens with zero attached hydrogens (tertiary/aromatic N) is 3. The predicted octanol–water partition coefficient (Wildman–Crippen LogP) is 4.62. The first-order valence-corrected chi connectivity index (χ1v) is 15.5. The Morgan fingerprint density at radius 1 is 1.19 bits per heavy atom. The molecule has 0 radical (unpaired) electrons. The van der Waals surface area contributed by atoms with E-state index in [1.54, 1.807) is 23.5 Å². The summed E-state index contributed by atoms with van der Waals surface area (Å²) in [6, 6.07) is 10.8. The number of carbonyl (C=O) groups is 3. The number of carbonyl (C=O) groups excluding carboxylic acids is 3. The van der Waals surface area contributed by atoms with Gasteiger partial charge in [-0.15, -0.1) is 11.3 Å². The summed E-state index contributed by atoms with van der Waals surface area (Å²) in [6.07, 6.45) is -3.46. The third-order valence-corrected chi connectivity index (χ3v) is 9.37. The molecule has 3 aromatic rings. The van der Waals surface area contributed by atoms with Gasteiger partial charge >= 0.3 is 0 Å².